The van der Waals surface area contributed by atoms with Crippen LogP contribution in [0.15, 0.2) is 18.5 Å². The van der Waals surface area contributed by atoms with Crippen molar-refractivity contribution < 1.29 is 14.3 Å². The molecule has 2 atom stereocenters. The van der Waals surface area contributed by atoms with Gasteiger partial charge in [-0.2, -0.15) is 0 Å². The molecule has 8 nitrogen and oxygen atoms in total. The van der Waals surface area contributed by atoms with Crippen LogP contribution in [-0.4, -0.2) is 46.4 Å². The summed E-state index contributed by atoms with van der Waals surface area (Å²) < 4.78 is 10.4. The van der Waals surface area contributed by atoms with Crippen molar-refractivity contribution in [3.8, 4) is 0 Å². The number of alkyl carbamates (subject to hydrolysis) is 1. The Morgan fingerprint density at radius 1 is 1.54 bits per heavy atom. The Morgan fingerprint density at radius 2 is 2.46 bits per heavy atom. The summed E-state index contributed by atoms with van der Waals surface area (Å²) in [5.74, 6) is 0.842. The van der Waals surface area contributed by atoms with Crippen molar-refractivity contribution in [1.29, 1.82) is 0 Å². The summed E-state index contributed by atoms with van der Waals surface area (Å²) in [5.41, 5.74) is 2.47. The lowest BCUT2D eigenvalue weighted by Gasteiger charge is -2.29. The molecule has 24 heavy (non-hydrogen) atoms. The maximum Gasteiger partial charge on any atom is 0.407 e. The Bertz CT molecular complexity index is 865. The molecule has 0 radical (unpaired) electrons. The first-order chi connectivity index (χ1) is 11.8. The first kappa shape index (κ1) is 14.9. The van der Waals surface area contributed by atoms with Crippen LogP contribution in [0.2, 0.25) is 0 Å². The van der Waals surface area contributed by atoms with Gasteiger partial charge in [0.2, 0.25) is 0 Å². The number of carbonyl (C=O) groups is 1. The number of H-pyrrole nitrogens is 2. The molecule has 0 spiro atoms. The molecule has 1 saturated heterocycles. The van der Waals surface area contributed by atoms with Crippen molar-refractivity contribution in [2.45, 2.75) is 18.9 Å². The van der Waals surface area contributed by atoms with Crippen LogP contribution in [0.4, 0.5) is 4.79 Å². The normalized spacial score (nSPS) is 19.5. The third-order valence-corrected chi connectivity index (χ3v) is 4.47. The summed E-state index contributed by atoms with van der Waals surface area (Å²) in [6.07, 6.45) is 5.04. The molecular weight excluding hydrogens is 310 g/mol. The Morgan fingerprint density at radius 3 is 3.25 bits per heavy atom. The van der Waals surface area contributed by atoms with Gasteiger partial charge in [0.15, 0.2) is 0 Å². The molecule has 1 aliphatic rings. The molecule has 1 aliphatic heterocycles. The van der Waals surface area contributed by atoms with Gasteiger partial charge in [-0.15, -0.1) is 0 Å². The summed E-state index contributed by atoms with van der Waals surface area (Å²) in [5, 5.41) is 3.84. The van der Waals surface area contributed by atoms with E-state index in [1.807, 2.05) is 12.3 Å². The second-order valence-electron chi connectivity index (χ2n) is 5.97. The summed E-state index contributed by atoms with van der Waals surface area (Å²) in [6.45, 7) is 1.35. The molecule has 8 heteroatoms. The number of nitrogens with zero attached hydrogens (tertiary/aromatic N) is 2. The average molecular weight is 329 g/mol. The zero-order valence-electron chi connectivity index (χ0n) is 13.3. The minimum Gasteiger partial charge on any atom is -0.453 e. The van der Waals surface area contributed by atoms with Gasteiger partial charge in [-0.3, -0.25) is 0 Å². The number of pyridine rings is 1. The molecule has 126 valence electrons. The molecule has 1 unspecified atom stereocenters. The number of ether oxygens (including phenoxy) is 2. The van der Waals surface area contributed by atoms with Crippen LogP contribution in [0.5, 0.6) is 0 Å². The van der Waals surface area contributed by atoms with E-state index < -0.39 is 6.09 Å². The summed E-state index contributed by atoms with van der Waals surface area (Å²) in [7, 11) is 1.36. The highest BCUT2D eigenvalue weighted by atomic mass is 16.5. The van der Waals surface area contributed by atoms with E-state index in [4.69, 9.17) is 14.5 Å². The summed E-state index contributed by atoms with van der Waals surface area (Å²) >= 11 is 0. The maximum atomic E-state index is 11.8. The van der Waals surface area contributed by atoms with Crippen molar-refractivity contribution in [3.05, 3.63) is 24.3 Å². The van der Waals surface area contributed by atoms with Crippen molar-refractivity contribution in [2.75, 3.05) is 20.3 Å². The molecule has 3 aromatic rings. The number of imidazole rings is 1. The number of aromatic nitrogens is 4. The molecule has 4 rings (SSSR count). The zero-order valence-corrected chi connectivity index (χ0v) is 13.3. The number of hydrogen-bond donors (Lipinski definition) is 3. The van der Waals surface area contributed by atoms with Crippen LogP contribution < -0.4 is 5.32 Å². The lowest BCUT2D eigenvalue weighted by Crippen LogP contribution is -2.37. The molecule has 0 aromatic carbocycles. The van der Waals surface area contributed by atoms with Crippen LogP contribution in [-0.2, 0) is 9.47 Å². The van der Waals surface area contributed by atoms with Gasteiger partial charge in [-0.1, -0.05) is 0 Å². The Hall–Kier alpha value is -2.61. The van der Waals surface area contributed by atoms with Crippen LogP contribution in [0.25, 0.3) is 22.1 Å². The van der Waals surface area contributed by atoms with Gasteiger partial charge in [0.25, 0.3) is 0 Å². The minimum absolute atomic E-state index is 0.146. The second-order valence-corrected chi connectivity index (χ2v) is 5.97. The number of fused-ring (bicyclic) bond motifs is 3. The number of amides is 1. The third-order valence-electron chi connectivity index (χ3n) is 4.47. The van der Waals surface area contributed by atoms with E-state index in [2.05, 4.69) is 20.3 Å². The van der Waals surface area contributed by atoms with Gasteiger partial charge in [0, 0.05) is 24.1 Å². The number of rotatable bonds is 3. The maximum absolute atomic E-state index is 11.8. The third kappa shape index (κ3) is 2.58. The molecule has 0 aliphatic carbocycles. The Balaban J connectivity index is 1.75. The number of nitrogens with one attached hydrogen (secondary N) is 3. The van der Waals surface area contributed by atoms with Crippen molar-refractivity contribution in [1.82, 2.24) is 25.3 Å². The monoisotopic (exact) mass is 329 g/mol. The minimum atomic E-state index is -0.476. The second kappa shape index (κ2) is 6.12. The fourth-order valence-corrected chi connectivity index (χ4v) is 3.26. The number of hydrogen-bond acceptors (Lipinski definition) is 5. The van der Waals surface area contributed by atoms with E-state index in [1.165, 1.54) is 7.11 Å². The highest BCUT2D eigenvalue weighted by molar-refractivity contribution is 6.00. The predicted octanol–water partition coefficient (Wildman–Crippen LogP) is 2.26. The van der Waals surface area contributed by atoms with Crippen LogP contribution >= 0.6 is 0 Å². The molecule has 1 fully saturated rings. The lowest BCUT2D eigenvalue weighted by molar-refractivity contribution is 0.0374. The molecule has 0 saturated carbocycles. The van der Waals surface area contributed by atoms with Crippen molar-refractivity contribution in [3.63, 3.8) is 0 Å². The first-order valence-corrected chi connectivity index (χ1v) is 8.00. The van der Waals surface area contributed by atoms with Crippen LogP contribution in [0.3, 0.4) is 0 Å². The molecule has 3 N–H and O–H groups in total. The lowest BCUT2D eigenvalue weighted by atomic mass is 9.93. The molecule has 4 heterocycles. The topological polar surface area (TPSA) is 105 Å². The SMILES string of the molecule is COC(=O)NC(c1nc2c(cnc3[nH]ccc32)[nH]1)[C@@H]1CCCOC1. The highest BCUT2D eigenvalue weighted by Gasteiger charge is 2.30. The van der Waals surface area contributed by atoms with Gasteiger partial charge in [0.1, 0.15) is 17.0 Å². The largest absolute Gasteiger partial charge is 0.453 e. The molecular formula is C16H19N5O3. The molecule has 0 bridgehead atoms. The highest BCUT2D eigenvalue weighted by Crippen LogP contribution is 2.30. The number of methoxy groups -OCH3 is 1. The van der Waals surface area contributed by atoms with Gasteiger partial charge >= 0.3 is 6.09 Å². The standard InChI is InChI=1S/C16H19N5O3/c1-23-16(22)21-12(9-3-2-6-24-8-9)15-19-11-7-18-14-10(4-5-17-14)13(11)20-15/h4-5,7,9,12H,2-3,6,8H2,1H3,(H,17,18)(H,19,20)(H,21,22)/t9-,12?/m1/s1. The fourth-order valence-electron chi connectivity index (χ4n) is 3.26. The zero-order chi connectivity index (χ0) is 16.5. The van der Waals surface area contributed by atoms with E-state index in [0.29, 0.717) is 12.4 Å². The fraction of sp³-hybridized carbons (Fsp3) is 0.438. The summed E-state index contributed by atoms with van der Waals surface area (Å²) in [4.78, 5) is 27.3. The number of aromatic amines is 2. The van der Waals surface area contributed by atoms with Gasteiger partial charge in [0.05, 0.1) is 31.5 Å². The Labute approximate surface area is 138 Å². The van der Waals surface area contributed by atoms with Gasteiger partial charge < -0.3 is 24.8 Å². The first-order valence-electron chi connectivity index (χ1n) is 8.00. The number of carbonyl (C=O) groups excluding carboxylic acids is 1. The van der Waals surface area contributed by atoms with E-state index in [0.717, 1.165) is 41.5 Å². The Kier molecular flexibility index (Phi) is 3.81. The van der Waals surface area contributed by atoms with Crippen molar-refractivity contribution in [2.24, 2.45) is 5.92 Å². The van der Waals surface area contributed by atoms with Gasteiger partial charge in [-0.05, 0) is 18.9 Å². The van der Waals surface area contributed by atoms with Crippen LogP contribution in [0, 0.1) is 5.92 Å². The van der Waals surface area contributed by atoms with E-state index in [1.54, 1.807) is 6.20 Å². The van der Waals surface area contributed by atoms with E-state index in [9.17, 15) is 4.79 Å². The van der Waals surface area contributed by atoms with Crippen molar-refractivity contribution >= 4 is 28.2 Å². The van der Waals surface area contributed by atoms with E-state index >= 15 is 0 Å². The van der Waals surface area contributed by atoms with E-state index in [-0.39, 0.29) is 12.0 Å². The van der Waals surface area contributed by atoms with Crippen LogP contribution in [0.1, 0.15) is 24.7 Å². The predicted molar refractivity (Wildman–Crippen MR) is 87.6 cm³/mol. The van der Waals surface area contributed by atoms with Gasteiger partial charge in [-0.25, -0.2) is 14.8 Å². The molecule has 1 amide bonds. The molecule has 3 aromatic heterocycles. The summed E-state index contributed by atoms with van der Waals surface area (Å²) in [6, 6.07) is 1.65. The quantitative estimate of drug-likeness (QED) is 0.683. The smallest absolute Gasteiger partial charge is 0.407 e. The average Bonchev–Trinajstić information content (AvgIpc) is 3.25.